The van der Waals surface area contributed by atoms with Crippen molar-refractivity contribution in [2.24, 2.45) is 11.8 Å². The van der Waals surface area contributed by atoms with Crippen LogP contribution in [-0.2, 0) is 4.79 Å². The van der Waals surface area contributed by atoms with Crippen LogP contribution < -0.4 is 0 Å². The first-order chi connectivity index (χ1) is 7.25. The first-order valence-corrected chi connectivity index (χ1v) is 6.79. The van der Waals surface area contributed by atoms with Gasteiger partial charge in [0, 0.05) is 11.8 Å². The average molecular weight is 210 g/mol. The predicted octanol–water partition coefficient (Wildman–Crippen LogP) is 4.35. The Morgan fingerprint density at radius 1 is 1.07 bits per heavy atom. The number of carbonyl (C=O) groups excluding carboxylic acids is 1. The third-order valence-corrected chi connectivity index (χ3v) is 3.74. The fourth-order valence-electron chi connectivity index (χ4n) is 2.60. The Bertz CT molecular complexity index is 186. The van der Waals surface area contributed by atoms with Gasteiger partial charge in [-0.2, -0.15) is 0 Å². The molecule has 0 bridgehead atoms. The van der Waals surface area contributed by atoms with Crippen molar-refractivity contribution >= 4 is 5.78 Å². The van der Waals surface area contributed by atoms with Crippen molar-refractivity contribution in [3.05, 3.63) is 0 Å². The van der Waals surface area contributed by atoms with E-state index in [0.717, 1.165) is 19.3 Å². The van der Waals surface area contributed by atoms with Gasteiger partial charge in [0.1, 0.15) is 5.78 Å². The molecule has 1 fully saturated rings. The van der Waals surface area contributed by atoms with Crippen LogP contribution in [0.5, 0.6) is 0 Å². The van der Waals surface area contributed by atoms with E-state index in [9.17, 15) is 4.79 Å². The van der Waals surface area contributed by atoms with E-state index < -0.39 is 0 Å². The van der Waals surface area contributed by atoms with Gasteiger partial charge in [-0.25, -0.2) is 0 Å². The van der Waals surface area contributed by atoms with Crippen LogP contribution in [0.15, 0.2) is 0 Å². The molecule has 88 valence electrons. The number of carbonyl (C=O) groups is 1. The quantitative estimate of drug-likeness (QED) is 0.571. The summed E-state index contributed by atoms with van der Waals surface area (Å²) in [4.78, 5) is 11.7. The Morgan fingerprint density at radius 2 is 1.73 bits per heavy atom. The Hall–Kier alpha value is -0.330. The van der Waals surface area contributed by atoms with Gasteiger partial charge in [-0.1, -0.05) is 52.4 Å². The van der Waals surface area contributed by atoms with E-state index in [2.05, 4.69) is 13.8 Å². The highest BCUT2D eigenvalue weighted by Gasteiger charge is 2.29. The Kier molecular flexibility index (Phi) is 5.97. The van der Waals surface area contributed by atoms with Gasteiger partial charge < -0.3 is 0 Å². The summed E-state index contributed by atoms with van der Waals surface area (Å²) in [5.41, 5.74) is 0. The SMILES string of the molecule is CCCCCCCCC1CCC(C)C1=O. The van der Waals surface area contributed by atoms with Crippen molar-refractivity contribution in [1.82, 2.24) is 0 Å². The molecule has 1 heteroatoms. The molecule has 0 radical (unpaired) electrons. The summed E-state index contributed by atoms with van der Waals surface area (Å²) >= 11 is 0. The van der Waals surface area contributed by atoms with Crippen molar-refractivity contribution < 1.29 is 4.79 Å². The van der Waals surface area contributed by atoms with Crippen molar-refractivity contribution in [1.29, 1.82) is 0 Å². The topological polar surface area (TPSA) is 17.1 Å². The summed E-state index contributed by atoms with van der Waals surface area (Å²) in [5.74, 6) is 1.32. The van der Waals surface area contributed by atoms with Crippen molar-refractivity contribution in [3.63, 3.8) is 0 Å². The van der Waals surface area contributed by atoms with E-state index in [1.54, 1.807) is 0 Å². The number of ketones is 1. The molecular weight excluding hydrogens is 184 g/mol. The van der Waals surface area contributed by atoms with E-state index in [0.29, 0.717) is 17.6 Å². The van der Waals surface area contributed by atoms with Crippen molar-refractivity contribution in [3.8, 4) is 0 Å². The van der Waals surface area contributed by atoms with Crippen LogP contribution in [0.4, 0.5) is 0 Å². The molecule has 1 aliphatic rings. The molecule has 1 nitrogen and oxygen atoms in total. The lowest BCUT2D eigenvalue weighted by Crippen LogP contribution is -2.11. The van der Waals surface area contributed by atoms with Gasteiger partial charge in [-0.05, 0) is 19.3 Å². The lowest BCUT2D eigenvalue weighted by atomic mass is 9.97. The standard InChI is InChI=1S/C14H26O/c1-3-4-5-6-7-8-9-13-11-10-12(2)14(13)15/h12-13H,3-11H2,1-2H3. The predicted molar refractivity (Wildman–Crippen MR) is 64.9 cm³/mol. The number of unbranched alkanes of at least 4 members (excludes halogenated alkanes) is 5. The summed E-state index contributed by atoms with van der Waals surface area (Å²) in [7, 11) is 0. The molecule has 0 heterocycles. The summed E-state index contributed by atoms with van der Waals surface area (Å²) in [6.45, 7) is 4.34. The fourth-order valence-corrected chi connectivity index (χ4v) is 2.60. The van der Waals surface area contributed by atoms with Crippen LogP contribution in [0.1, 0.15) is 71.6 Å². The first kappa shape index (κ1) is 12.7. The van der Waals surface area contributed by atoms with Gasteiger partial charge in [-0.3, -0.25) is 4.79 Å². The summed E-state index contributed by atoms with van der Waals surface area (Å²) < 4.78 is 0. The van der Waals surface area contributed by atoms with Gasteiger partial charge >= 0.3 is 0 Å². The summed E-state index contributed by atoms with van der Waals surface area (Å²) in [6.07, 6.45) is 11.5. The maximum absolute atomic E-state index is 11.7. The highest BCUT2D eigenvalue weighted by atomic mass is 16.1. The minimum atomic E-state index is 0.357. The molecule has 15 heavy (non-hydrogen) atoms. The molecule has 1 saturated carbocycles. The van der Waals surface area contributed by atoms with E-state index in [4.69, 9.17) is 0 Å². The third-order valence-electron chi connectivity index (χ3n) is 3.74. The smallest absolute Gasteiger partial charge is 0.138 e. The second kappa shape index (κ2) is 7.03. The van der Waals surface area contributed by atoms with Crippen molar-refractivity contribution in [2.75, 3.05) is 0 Å². The van der Waals surface area contributed by atoms with E-state index >= 15 is 0 Å². The fraction of sp³-hybridized carbons (Fsp3) is 0.929. The molecule has 0 amide bonds. The molecule has 0 spiro atoms. The zero-order valence-corrected chi connectivity index (χ0v) is 10.4. The van der Waals surface area contributed by atoms with Gasteiger partial charge in [0.15, 0.2) is 0 Å². The van der Waals surface area contributed by atoms with Gasteiger partial charge in [0.2, 0.25) is 0 Å². The number of rotatable bonds is 7. The lowest BCUT2D eigenvalue weighted by Gasteiger charge is -2.07. The molecule has 0 aliphatic heterocycles. The van der Waals surface area contributed by atoms with Crippen LogP contribution in [0.2, 0.25) is 0 Å². The third kappa shape index (κ3) is 4.36. The second-order valence-electron chi connectivity index (χ2n) is 5.13. The van der Waals surface area contributed by atoms with Crippen molar-refractivity contribution in [2.45, 2.75) is 71.6 Å². The molecule has 0 aromatic heterocycles. The van der Waals surface area contributed by atoms with Gasteiger partial charge in [0.05, 0.1) is 0 Å². The molecule has 1 aliphatic carbocycles. The Morgan fingerprint density at radius 3 is 2.33 bits per heavy atom. The molecule has 2 atom stereocenters. The highest BCUT2D eigenvalue weighted by Crippen LogP contribution is 2.30. The van der Waals surface area contributed by atoms with E-state index in [1.165, 1.54) is 38.5 Å². The largest absolute Gasteiger partial charge is 0.299 e. The van der Waals surface area contributed by atoms with Crippen LogP contribution in [-0.4, -0.2) is 5.78 Å². The molecule has 1 rings (SSSR count). The number of hydrogen-bond acceptors (Lipinski definition) is 1. The van der Waals surface area contributed by atoms with Gasteiger partial charge in [0.25, 0.3) is 0 Å². The molecule has 2 unspecified atom stereocenters. The Labute approximate surface area is 94.6 Å². The monoisotopic (exact) mass is 210 g/mol. The van der Waals surface area contributed by atoms with E-state index in [1.807, 2.05) is 0 Å². The molecule has 0 aromatic rings. The zero-order valence-electron chi connectivity index (χ0n) is 10.4. The lowest BCUT2D eigenvalue weighted by molar-refractivity contribution is -0.123. The maximum Gasteiger partial charge on any atom is 0.138 e. The first-order valence-electron chi connectivity index (χ1n) is 6.79. The Balaban J connectivity index is 1.98. The molecule has 0 saturated heterocycles. The molecular formula is C14H26O. The maximum atomic E-state index is 11.7. The average Bonchev–Trinajstić information content (AvgIpc) is 2.54. The number of Topliss-reactive ketones (excluding diaryl/α,β-unsaturated/α-hetero) is 1. The highest BCUT2D eigenvalue weighted by molar-refractivity contribution is 5.84. The van der Waals surface area contributed by atoms with Gasteiger partial charge in [-0.15, -0.1) is 0 Å². The van der Waals surface area contributed by atoms with Crippen LogP contribution in [0.3, 0.4) is 0 Å². The van der Waals surface area contributed by atoms with E-state index in [-0.39, 0.29) is 0 Å². The van der Waals surface area contributed by atoms with Crippen LogP contribution >= 0.6 is 0 Å². The minimum absolute atomic E-state index is 0.357. The second-order valence-corrected chi connectivity index (χ2v) is 5.13. The number of hydrogen-bond donors (Lipinski definition) is 0. The minimum Gasteiger partial charge on any atom is -0.299 e. The normalized spacial score (nSPS) is 26.1. The van der Waals surface area contributed by atoms with Crippen LogP contribution in [0, 0.1) is 11.8 Å². The van der Waals surface area contributed by atoms with Crippen LogP contribution in [0.25, 0.3) is 0 Å². The molecule has 0 N–H and O–H groups in total. The summed E-state index contributed by atoms with van der Waals surface area (Å²) in [6, 6.07) is 0. The zero-order chi connectivity index (χ0) is 11.1. The molecule has 0 aromatic carbocycles. The summed E-state index contributed by atoms with van der Waals surface area (Å²) in [5, 5.41) is 0.